The molecule has 2 rings (SSSR count). The summed E-state index contributed by atoms with van der Waals surface area (Å²) in [7, 11) is 0. The molecule has 2 saturated carbocycles. The van der Waals surface area contributed by atoms with Gasteiger partial charge in [-0.05, 0) is 31.1 Å². The number of hydrogen-bond acceptors (Lipinski definition) is 2. The number of nitro groups is 1. The highest BCUT2D eigenvalue weighted by molar-refractivity contribution is 4.96. The van der Waals surface area contributed by atoms with Gasteiger partial charge in [-0.25, -0.2) is 4.39 Å². The van der Waals surface area contributed by atoms with Gasteiger partial charge < -0.3 is 0 Å². The van der Waals surface area contributed by atoms with Crippen LogP contribution in [-0.2, 0) is 0 Å². The van der Waals surface area contributed by atoms with Gasteiger partial charge in [0.1, 0.15) is 6.17 Å². The predicted molar refractivity (Wildman–Crippen MR) is 41.1 cm³/mol. The molecule has 0 aliphatic heterocycles. The van der Waals surface area contributed by atoms with E-state index in [9.17, 15) is 14.5 Å². The van der Waals surface area contributed by atoms with Crippen molar-refractivity contribution in [3.8, 4) is 0 Å². The highest BCUT2D eigenvalue weighted by atomic mass is 19.1. The maximum absolute atomic E-state index is 12.8. The normalized spacial score (nSPS) is 45.1. The van der Waals surface area contributed by atoms with E-state index in [2.05, 4.69) is 0 Å². The lowest BCUT2D eigenvalue weighted by Crippen LogP contribution is -2.37. The molecule has 2 aliphatic carbocycles. The van der Waals surface area contributed by atoms with Gasteiger partial charge in [0.2, 0.25) is 6.54 Å². The fraction of sp³-hybridized carbons (Fsp3) is 1.00. The lowest BCUT2D eigenvalue weighted by molar-refractivity contribution is -0.494. The van der Waals surface area contributed by atoms with Gasteiger partial charge in [-0.2, -0.15) is 0 Å². The van der Waals surface area contributed by atoms with Gasteiger partial charge in [0.05, 0.1) is 0 Å². The Labute approximate surface area is 70.1 Å². The van der Waals surface area contributed by atoms with E-state index in [4.69, 9.17) is 0 Å². The molecule has 0 amide bonds. The summed E-state index contributed by atoms with van der Waals surface area (Å²) >= 11 is 0. The minimum atomic E-state index is -0.684. The van der Waals surface area contributed by atoms with E-state index in [1.165, 1.54) is 0 Å². The third kappa shape index (κ3) is 1.19. The van der Waals surface area contributed by atoms with E-state index in [0.29, 0.717) is 24.7 Å². The largest absolute Gasteiger partial charge is 0.265 e. The van der Waals surface area contributed by atoms with Crippen LogP contribution in [0.25, 0.3) is 0 Å². The lowest BCUT2D eigenvalue weighted by Gasteiger charge is -2.37. The van der Waals surface area contributed by atoms with E-state index >= 15 is 0 Å². The second kappa shape index (κ2) is 2.68. The summed E-state index contributed by atoms with van der Waals surface area (Å²) in [6.07, 6.45) is 1.42. The van der Waals surface area contributed by atoms with Crippen molar-refractivity contribution in [1.29, 1.82) is 0 Å². The number of halogens is 1. The van der Waals surface area contributed by atoms with Crippen LogP contribution in [0, 0.1) is 27.9 Å². The summed E-state index contributed by atoms with van der Waals surface area (Å²) in [5.74, 6) is 0.959. The predicted octanol–water partition coefficient (Wildman–Crippen LogP) is 1.65. The molecule has 3 nitrogen and oxygen atoms in total. The van der Waals surface area contributed by atoms with Gasteiger partial charge in [-0.1, -0.05) is 0 Å². The Hall–Kier alpha value is -0.670. The number of hydrogen-bond donors (Lipinski definition) is 0. The summed E-state index contributed by atoms with van der Waals surface area (Å²) in [5.41, 5.74) is 0. The van der Waals surface area contributed by atoms with Crippen LogP contribution >= 0.6 is 0 Å². The number of alkyl halides is 1. The van der Waals surface area contributed by atoms with Crippen molar-refractivity contribution >= 4 is 0 Å². The van der Waals surface area contributed by atoms with Gasteiger partial charge in [-0.3, -0.25) is 10.1 Å². The first kappa shape index (κ1) is 7.95. The van der Waals surface area contributed by atoms with Crippen LogP contribution in [0.5, 0.6) is 0 Å². The Morgan fingerprint density at radius 1 is 1.42 bits per heavy atom. The average Bonchev–Trinajstić information content (AvgIpc) is 2.24. The third-order valence-corrected chi connectivity index (χ3v) is 3.29. The molecule has 2 aliphatic rings. The molecule has 0 radical (unpaired) electrons. The molecular weight excluding hydrogens is 161 g/mol. The van der Waals surface area contributed by atoms with Crippen molar-refractivity contribution < 1.29 is 9.31 Å². The number of rotatable bonds is 2. The van der Waals surface area contributed by atoms with E-state index in [-0.39, 0.29) is 17.4 Å². The van der Waals surface area contributed by atoms with Crippen molar-refractivity contribution in [1.82, 2.24) is 0 Å². The summed E-state index contributed by atoms with van der Waals surface area (Å²) in [6, 6.07) is 0. The SMILES string of the molecule is O=[N+]([O-])CC1CC2CC(F)CC21. The molecule has 0 aromatic rings. The molecule has 0 N–H and O–H groups in total. The standard InChI is InChI=1S/C8H12FNO2/c9-7-2-5-1-6(4-10(11)12)8(5)3-7/h5-8H,1-4H2. The van der Waals surface area contributed by atoms with Crippen LogP contribution < -0.4 is 0 Å². The monoisotopic (exact) mass is 173 g/mol. The Balaban J connectivity index is 1.87. The van der Waals surface area contributed by atoms with E-state index in [0.717, 1.165) is 6.42 Å². The van der Waals surface area contributed by atoms with E-state index < -0.39 is 6.17 Å². The summed E-state index contributed by atoms with van der Waals surface area (Å²) in [6.45, 7) is 0.0495. The first-order chi connectivity index (χ1) is 5.66. The summed E-state index contributed by atoms with van der Waals surface area (Å²) in [5, 5.41) is 10.2. The topological polar surface area (TPSA) is 43.1 Å². The molecule has 0 saturated heterocycles. The second-order valence-electron chi connectivity index (χ2n) is 4.00. The summed E-state index contributed by atoms with van der Waals surface area (Å²) in [4.78, 5) is 9.91. The molecule has 0 aromatic carbocycles. The molecular formula is C8H12FNO2. The minimum absolute atomic E-state index is 0.0495. The highest BCUT2D eigenvalue weighted by Gasteiger charge is 2.49. The molecule has 0 aromatic heterocycles. The molecule has 4 heteroatoms. The Kier molecular flexibility index (Phi) is 1.77. The van der Waals surface area contributed by atoms with Crippen LogP contribution in [-0.4, -0.2) is 17.6 Å². The molecule has 4 atom stereocenters. The van der Waals surface area contributed by atoms with Crippen LogP contribution in [0.1, 0.15) is 19.3 Å². The van der Waals surface area contributed by atoms with E-state index in [1.807, 2.05) is 0 Å². The zero-order chi connectivity index (χ0) is 8.72. The number of fused-ring (bicyclic) bond motifs is 1. The molecule has 12 heavy (non-hydrogen) atoms. The Morgan fingerprint density at radius 3 is 2.75 bits per heavy atom. The zero-order valence-corrected chi connectivity index (χ0v) is 6.78. The minimum Gasteiger partial charge on any atom is -0.265 e. The van der Waals surface area contributed by atoms with Crippen molar-refractivity contribution in [2.45, 2.75) is 25.4 Å². The third-order valence-electron chi connectivity index (χ3n) is 3.29. The van der Waals surface area contributed by atoms with Gasteiger partial charge in [0, 0.05) is 10.8 Å². The highest BCUT2D eigenvalue weighted by Crippen LogP contribution is 2.51. The van der Waals surface area contributed by atoms with Crippen molar-refractivity contribution in [3.05, 3.63) is 10.1 Å². The molecule has 2 fully saturated rings. The smallest absolute Gasteiger partial charge is 0.206 e. The molecule has 68 valence electrons. The van der Waals surface area contributed by atoms with Crippen molar-refractivity contribution in [2.75, 3.05) is 6.54 Å². The number of nitrogens with zero attached hydrogens (tertiary/aromatic N) is 1. The van der Waals surface area contributed by atoms with Crippen molar-refractivity contribution in [3.63, 3.8) is 0 Å². The maximum atomic E-state index is 12.8. The zero-order valence-electron chi connectivity index (χ0n) is 6.78. The molecule has 0 bridgehead atoms. The summed E-state index contributed by atoms with van der Waals surface area (Å²) < 4.78 is 12.8. The van der Waals surface area contributed by atoms with Gasteiger partial charge in [-0.15, -0.1) is 0 Å². The molecule has 4 unspecified atom stereocenters. The fourth-order valence-electron chi connectivity index (χ4n) is 2.70. The lowest BCUT2D eigenvalue weighted by atomic mass is 9.67. The average molecular weight is 173 g/mol. The first-order valence-corrected chi connectivity index (χ1v) is 4.42. The van der Waals surface area contributed by atoms with Crippen molar-refractivity contribution in [2.24, 2.45) is 17.8 Å². The Morgan fingerprint density at radius 2 is 2.17 bits per heavy atom. The van der Waals surface area contributed by atoms with Crippen LogP contribution in [0.4, 0.5) is 4.39 Å². The van der Waals surface area contributed by atoms with Gasteiger partial charge >= 0.3 is 0 Å². The van der Waals surface area contributed by atoms with Crippen LogP contribution in [0.15, 0.2) is 0 Å². The fourth-order valence-corrected chi connectivity index (χ4v) is 2.70. The van der Waals surface area contributed by atoms with Gasteiger partial charge in [0.15, 0.2) is 0 Å². The second-order valence-corrected chi connectivity index (χ2v) is 4.00. The van der Waals surface area contributed by atoms with Gasteiger partial charge in [0.25, 0.3) is 0 Å². The maximum Gasteiger partial charge on any atom is 0.206 e. The van der Waals surface area contributed by atoms with Crippen LogP contribution in [0.2, 0.25) is 0 Å². The van der Waals surface area contributed by atoms with Crippen LogP contribution in [0.3, 0.4) is 0 Å². The molecule has 0 heterocycles. The molecule has 0 spiro atoms. The van der Waals surface area contributed by atoms with E-state index in [1.54, 1.807) is 0 Å². The first-order valence-electron chi connectivity index (χ1n) is 4.42. The Bertz CT molecular complexity index is 209. The quantitative estimate of drug-likeness (QED) is 0.470.